The summed E-state index contributed by atoms with van der Waals surface area (Å²) in [6.07, 6.45) is -0.277. The van der Waals surface area contributed by atoms with Gasteiger partial charge < -0.3 is 19.2 Å². The van der Waals surface area contributed by atoms with Crippen molar-refractivity contribution in [1.82, 2.24) is 5.48 Å². The summed E-state index contributed by atoms with van der Waals surface area (Å²) >= 11 is 1.80. The highest BCUT2D eigenvalue weighted by Gasteiger charge is 2.23. The predicted molar refractivity (Wildman–Crippen MR) is 154 cm³/mol. The second-order valence-corrected chi connectivity index (χ2v) is 10.1. The number of anilines is 2. The van der Waals surface area contributed by atoms with Crippen LogP contribution in [-0.4, -0.2) is 31.8 Å². The Morgan fingerprint density at radius 3 is 2.13 bits per heavy atom. The van der Waals surface area contributed by atoms with Crippen LogP contribution < -0.4 is 15.1 Å². The van der Waals surface area contributed by atoms with E-state index >= 15 is 0 Å². The van der Waals surface area contributed by atoms with E-state index in [-0.39, 0.29) is 0 Å². The number of carbonyl (C=O) groups excluding carboxylic acids is 1. The van der Waals surface area contributed by atoms with Crippen molar-refractivity contribution < 1.29 is 19.1 Å². The first-order valence-corrected chi connectivity index (χ1v) is 14.0. The molecule has 0 spiro atoms. The molecule has 0 aliphatic carbocycles. The molecule has 0 fully saturated rings. The molecular weight excluding hydrogens is 508 g/mol. The minimum atomic E-state index is -0.692. The Morgan fingerprint density at radius 2 is 1.46 bits per heavy atom. The van der Waals surface area contributed by atoms with Crippen LogP contribution in [0.4, 0.5) is 11.4 Å². The van der Waals surface area contributed by atoms with E-state index in [1.807, 2.05) is 61.5 Å². The van der Waals surface area contributed by atoms with Gasteiger partial charge in [-0.05, 0) is 54.4 Å². The highest BCUT2D eigenvalue weighted by atomic mass is 32.2. The van der Waals surface area contributed by atoms with Gasteiger partial charge in [-0.15, -0.1) is 5.48 Å². The van der Waals surface area contributed by atoms with Gasteiger partial charge in [-0.2, -0.15) is 0 Å². The fourth-order valence-corrected chi connectivity index (χ4v) is 5.57. The Balaban J connectivity index is 1.14. The van der Waals surface area contributed by atoms with E-state index in [1.165, 1.54) is 21.2 Å². The molecule has 1 unspecified atom stereocenters. The maximum Gasteiger partial charge on any atom is 0.354 e. The van der Waals surface area contributed by atoms with Crippen molar-refractivity contribution in [3.8, 4) is 5.75 Å². The van der Waals surface area contributed by atoms with Crippen LogP contribution in [-0.2, 0) is 27.3 Å². The average molecular weight is 541 g/mol. The minimum absolute atomic E-state index is 0.416. The first kappa shape index (κ1) is 26.8. The van der Waals surface area contributed by atoms with Crippen molar-refractivity contribution in [2.75, 3.05) is 24.7 Å². The van der Waals surface area contributed by atoms with Crippen LogP contribution in [0, 0.1) is 0 Å². The van der Waals surface area contributed by atoms with Gasteiger partial charge in [0.25, 0.3) is 0 Å². The van der Waals surface area contributed by atoms with Crippen molar-refractivity contribution >= 4 is 29.1 Å². The van der Waals surface area contributed by atoms with Crippen LogP contribution in [0.25, 0.3) is 0 Å². The monoisotopic (exact) mass is 540 g/mol. The smallest absolute Gasteiger partial charge is 0.354 e. The minimum Gasteiger partial charge on any atom is -0.492 e. The number of fused-ring (bicyclic) bond motifs is 2. The van der Waals surface area contributed by atoms with Gasteiger partial charge >= 0.3 is 5.97 Å². The van der Waals surface area contributed by atoms with Gasteiger partial charge in [0, 0.05) is 22.8 Å². The average Bonchev–Trinajstić information content (AvgIpc) is 2.98. The molecule has 7 heteroatoms. The Kier molecular flexibility index (Phi) is 9.17. The zero-order chi connectivity index (χ0) is 26.9. The maximum atomic E-state index is 12.6. The highest BCUT2D eigenvalue weighted by molar-refractivity contribution is 7.99. The molecule has 1 atom stereocenters. The number of hydroxylamine groups is 1. The van der Waals surface area contributed by atoms with Crippen LogP contribution in [0.5, 0.6) is 5.75 Å². The molecule has 6 nitrogen and oxygen atoms in total. The number of hydrogen-bond donors (Lipinski definition) is 1. The summed E-state index contributed by atoms with van der Waals surface area (Å²) in [7, 11) is 0. The Bertz CT molecular complexity index is 1320. The third-order valence-electron chi connectivity index (χ3n) is 6.38. The topological polar surface area (TPSA) is 60.0 Å². The molecule has 0 amide bonds. The van der Waals surface area contributed by atoms with E-state index in [1.54, 1.807) is 11.8 Å². The van der Waals surface area contributed by atoms with Crippen molar-refractivity contribution in [1.29, 1.82) is 0 Å². The molecule has 0 bridgehead atoms. The molecule has 1 heterocycles. The molecule has 1 N–H and O–H groups in total. The summed E-state index contributed by atoms with van der Waals surface area (Å²) in [5.41, 5.74) is 7.14. The van der Waals surface area contributed by atoms with Gasteiger partial charge in [0.05, 0.1) is 24.5 Å². The van der Waals surface area contributed by atoms with E-state index in [9.17, 15) is 4.79 Å². The normalized spacial score (nSPS) is 12.8. The molecule has 0 saturated carbocycles. The first-order valence-electron chi connectivity index (χ1n) is 13.2. The predicted octanol–water partition coefficient (Wildman–Crippen LogP) is 6.56. The maximum absolute atomic E-state index is 12.6. The Morgan fingerprint density at radius 1 is 0.821 bits per heavy atom. The molecule has 5 rings (SSSR count). The third-order valence-corrected chi connectivity index (χ3v) is 7.51. The van der Waals surface area contributed by atoms with Gasteiger partial charge in [0.2, 0.25) is 0 Å². The van der Waals surface area contributed by atoms with E-state index in [0.717, 1.165) is 23.4 Å². The quantitative estimate of drug-likeness (QED) is 0.204. The number of ether oxygens (including phenoxy) is 2. The van der Waals surface area contributed by atoms with Crippen molar-refractivity contribution in [2.45, 2.75) is 35.8 Å². The fourth-order valence-electron chi connectivity index (χ4n) is 4.48. The number of nitrogens with one attached hydrogen (secondary N) is 1. The molecular formula is C32H32N2O4S. The van der Waals surface area contributed by atoms with E-state index < -0.39 is 12.1 Å². The zero-order valence-electron chi connectivity index (χ0n) is 21.9. The van der Waals surface area contributed by atoms with Crippen molar-refractivity contribution in [3.63, 3.8) is 0 Å². The summed E-state index contributed by atoms with van der Waals surface area (Å²) in [6.45, 7) is 3.98. The largest absolute Gasteiger partial charge is 0.492 e. The molecule has 4 aromatic rings. The molecule has 4 aromatic carbocycles. The molecule has 1 aliphatic heterocycles. The summed E-state index contributed by atoms with van der Waals surface area (Å²) in [4.78, 5) is 22.7. The molecule has 0 aromatic heterocycles. The lowest BCUT2D eigenvalue weighted by atomic mass is 10.1. The van der Waals surface area contributed by atoms with Gasteiger partial charge in [0.15, 0.2) is 6.10 Å². The van der Waals surface area contributed by atoms with Crippen LogP contribution in [0.1, 0.15) is 18.1 Å². The lowest BCUT2D eigenvalue weighted by molar-refractivity contribution is -0.165. The first-order chi connectivity index (χ1) is 19.2. The Labute approximate surface area is 233 Å². The summed E-state index contributed by atoms with van der Waals surface area (Å²) in [5.74, 6) is 0.347. The number of carbonyl (C=O) groups is 1. The Hall–Kier alpha value is -3.78. The molecule has 0 radical (unpaired) electrons. The molecule has 200 valence electrons. The van der Waals surface area contributed by atoms with Crippen LogP contribution in [0.2, 0.25) is 0 Å². The number of rotatable bonds is 12. The van der Waals surface area contributed by atoms with Crippen LogP contribution in [0.3, 0.4) is 0 Å². The van der Waals surface area contributed by atoms with E-state index in [4.69, 9.17) is 14.3 Å². The molecule has 39 heavy (non-hydrogen) atoms. The molecule has 0 saturated heterocycles. The second kappa shape index (κ2) is 13.3. The van der Waals surface area contributed by atoms with E-state index in [0.29, 0.717) is 26.2 Å². The van der Waals surface area contributed by atoms with Gasteiger partial charge in [0.1, 0.15) is 12.4 Å². The van der Waals surface area contributed by atoms with Crippen molar-refractivity contribution in [3.05, 3.63) is 114 Å². The number of nitrogens with zero attached hydrogens (tertiary/aromatic N) is 1. The summed E-state index contributed by atoms with van der Waals surface area (Å²) in [5, 5.41) is 0. The lowest BCUT2D eigenvalue weighted by Crippen LogP contribution is -2.33. The van der Waals surface area contributed by atoms with Crippen LogP contribution >= 0.6 is 11.8 Å². The fraction of sp³-hybridized carbons (Fsp3) is 0.219. The van der Waals surface area contributed by atoms with Gasteiger partial charge in [-0.25, -0.2) is 4.79 Å². The standard InChI is InChI=1S/C32H32N2O4S/c1-2-36-29(32(35)38-33-23-25-10-4-3-5-11-25)22-24-16-18-26(19-17-24)37-21-20-34-27-12-6-8-14-30(27)39-31-15-9-7-13-28(31)34/h3-19,29,33H,2,20-23H2,1H3. The number of benzene rings is 4. The third kappa shape index (κ3) is 7.00. The SMILES string of the molecule is CCOC(Cc1ccc(OCCN2c3ccccc3Sc3ccccc32)cc1)C(=O)ONCc1ccccc1. The summed E-state index contributed by atoms with van der Waals surface area (Å²) < 4.78 is 11.8. The molecule has 1 aliphatic rings. The zero-order valence-corrected chi connectivity index (χ0v) is 22.7. The number of hydrogen-bond acceptors (Lipinski definition) is 7. The summed E-state index contributed by atoms with van der Waals surface area (Å²) in [6, 6.07) is 34.5. The van der Waals surface area contributed by atoms with Gasteiger partial charge in [-0.3, -0.25) is 0 Å². The van der Waals surface area contributed by atoms with Gasteiger partial charge in [-0.1, -0.05) is 78.5 Å². The van der Waals surface area contributed by atoms with Crippen molar-refractivity contribution in [2.24, 2.45) is 0 Å². The van der Waals surface area contributed by atoms with E-state index in [2.05, 4.69) is 58.9 Å². The highest BCUT2D eigenvalue weighted by Crippen LogP contribution is 2.47. The lowest BCUT2D eigenvalue weighted by Gasteiger charge is -2.32. The number of para-hydroxylation sites is 2. The van der Waals surface area contributed by atoms with Crippen LogP contribution in [0.15, 0.2) is 113 Å². The second-order valence-electron chi connectivity index (χ2n) is 9.06.